The predicted octanol–water partition coefficient (Wildman–Crippen LogP) is 14.8. The van der Waals surface area contributed by atoms with Gasteiger partial charge < -0.3 is 4.42 Å². The van der Waals surface area contributed by atoms with Gasteiger partial charge in [0.15, 0.2) is 0 Å². The highest BCUT2D eigenvalue weighted by Gasteiger charge is 2.36. The van der Waals surface area contributed by atoms with Crippen LogP contribution in [0, 0.1) is 0 Å². The molecule has 0 spiro atoms. The second-order valence-corrected chi connectivity index (χ2v) is 16.1. The predicted molar refractivity (Wildman–Crippen MR) is 241 cm³/mol. The Morgan fingerprint density at radius 2 is 0.879 bits per heavy atom. The minimum Gasteiger partial charge on any atom is -0.455 e. The second kappa shape index (κ2) is 12.3. The molecular formula is C55H36N2O. The molecular weight excluding hydrogens is 705 g/mol. The minimum absolute atomic E-state index is 0.158. The van der Waals surface area contributed by atoms with E-state index in [-0.39, 0.29) is 5.41 Å². The molecule has 11 aromatic rings. The van der Waals surface area contributed by atoms with E-state index in [1.807, 2.05) is 12.1 Å². The van der Waals surface area contributed by atoms with Crippen LogP contribution in [0.15, 0.2) is 187 Å². The first-order valence-electron chi connectivity index (χ1n) is 20.0. The topological polar surface area (TPSA) is 38.9 Å². The van der Waals surface area contributed by atoms with Gasteiger partial charge in [0.05, 0.1) is 11.0 Å². The summed E-state index contributed by atoms with van der Waals surface area (Å²) in [5.74, 6) is 0. The zero-order valence-electron chi connectivity index (χ0n) is 32.1. The Morgan fingerprint density at radius 3 is 1.62 bits per heavy atom. The summed E-state index contributed by atoms with van der Waals surface area (Å²) < 4.78 is 6.41. The van der Waals surface area contributed by atoms with Crippen LogP contribution in [0.4, 0.5) is 0 Å². The van der Waals surface area contributed by atoms with Crippen molar-refractivity contribution >= 4 is 54.5 Å². The highest BCUT2D eigenvalue weighted by Crippen LogP contribution is 2.51. The van der Waals surface area contributed by atoms with Crippen LogP contribution in [0.3, 0.4) is 0 Å². The van der Waals surface area contributed by atoms with Crippen LogP contribution in [-0.2, 0) is 5.41 Å². The van der Waals surface area contributed by atoms with Crippen molar-refractivity contribution < 1.29 is 4.42 Å². The van der Waals surface area contributed by atoms with Gasteiger partial charge >= 0.3 is 0 Å². The molecule has 1 aliphatic rings. The van der Waals surface area contributed by atoms with Gasteiger partial charge in [0.1, 0.15) is 11.2 Å². The summed E-state index contributed by atoms with van der Waals surface area (Å²) in [6, 6.07) is 61.8. The van der Waals surface area contributed by atoms with Crippen molar-refractivity contribution in [3.63, 3.8) is 0 Å². The van der Waals surface area contributed by atoms with E-state index in [0.29, 0.717) is 0 Å². The van der Waals surface area contributed by atoms with Gasteiger partial charge in [0, 0.05) is 44.9 Å². The van der Waals surface area contributed by atoms with Crippen LogP contribution in [0.25, 0.3) is 110 Å². The Labute approximate surface area is 335 Å². The summed E-state index contributed by atoms with van der Waals surface area (Å²) in [5.41, 5.74) is 18.4. The molecule has 0 N–H and O–H groups in total. The Hall–Kier alpha value is -7.36. The number of furan rings is 1. The van der Waals surface area contributed by atoms with E-state index >= 15 is 0 Å². The van der Waals surface area contributed by atoms with Gasteiger partial charge in [-0.15, -0.1) is 0 Å². The van der Waals surface area contributed by atoms with Crippen molar-refractivity contribution in [2.75, 3.05) is 0 Å². The quantitative estimate of drug-likeness (QED) is 0.169. The number of nitrogens with zero attached hydrogens (tertiary/aromatic N) is 2. The van der Waals surface area contributed by atoms with Crippen LogP contribution >= 0.6 is 0 Å². The number of fused-ring (bicyclic) bond motifs is 12. The first kappa shape index (κ1) is 32.8. The van der Waals surface area contributed by atoms with Crippen LogP contribution in [0.5, 0.6) is 0 Å². The van der Waals surface area contributed by atoms with Gasteiger partial charge in [0.2, 0.25) is 0 Å². The molecule has 9 aromatic carbocycles. The van der Waals surface area contributed by atoms with Gasteiger partial charge in [-0.1, -0.05) is 153 Å². The van der Waals surface area contributed by atoms with Crippen LogP contribution in [-0.4, -0.2) is 9.97 Å². The zero-order valence-corrected chi connectivity index (χ0v) is 32.1. The maximum absolute atomic E-state index is 6.41. The molecule has 0 saturated carbocycles. The number of aromatic nitrogens is 2. The standard InChI is InChI=1S/C55H36N2O/c1-55(2)49-31-37(34-19-17-33(18-20-34)36-21-24-42-41-11-3-4-13-46(41)52-53(48(42)30-36)57-28-27-56-52)22-25-43(49)44-26-23-38(32-50(44)55)35-9-7-10-39(29-35)40-14-8-15-47-45-12-5-6-16-51(45)58-54(40)47/h3-32H,1-2H3. The van der Waals surface area contributed by atoms with E-state index < -0.39 is 0 Å². The second-order valence-electron chi connectivity index (χ2n) is 16.1. The van der Waals surface area contributed by atoms with Crippen molar-refractivity contribution in [1.29, 1.82) is 0 Å². The lowest BCUT2D eigenvalue weighted by atomic mass is 9.80. The highest BCUT2D eigenvalue weighted by atomic mass is 16.3. The first-order chi connectivity index (χ1) is 28.5. The average molecular weight is 741 g/mol. The Kier molecular flexibility index (Phi) is 6.98. The molecule has 0 atom stereocenters. The molecule has 0 radical (unpaired) electrons. The molecule has 0 bridgehead atoms. The Bertz CT molecular complexity index is 3450. The maximum Gasteiger partial charge on any atom is 0.143 e. The van der Waals surface area contributed by atoms with Crippen molar-refractivity contribution in [2.24, 2.45) is 0 Å². The molecule has 58 heavy (non-hydrogen) atoms. The third kappa shape index (κ3) is 4.86. The fraction of sp³-hybridized carbons (Fsp3) is 0.0545. The summed E-state index contributed by atoms with van der Waals surface area (Å²) in [6.45, 7) is 4.73. The Morgan fingerprint density at radius 1 is 0.362 bits per heavy atom. The van der Waals surface area contributed by atoms with Gasteiger partial charge in [-0.2, -0.15) is 0 Å². The van der Waals surface area contributed by atoms with Crippen molar-refractivity contribution in [2.45, 2.75) is 19.3 Å². The molecule has 2 heterocycles. The molecule has 0 saturated heterocycles. The first-order valence-corrected chi connectivity index (χ1v) is 20.0. The van der Waals surface area contributed by atoms with Crippen LogP contribution in [0.1, 0.15) is 25.0 Å². The number of benzene rings is 9. The summed E-state index contributed by atoms with van der Waals surface area (Å²) >= 11 is 0. The molecule has 0 fully saturated rings. The molecule has 0 unspecified atom stereocenters. The fourth-order valence-electron chi connectivity index (χ4n) is 9.60. The van der Waals surface area contributed by atoms with Crippen molar-refractivity contribution in [1.82, 2.24) is 9.97 Å². The van der Waals surface area contributed by atoms with E-state index in [0.717, 1.165) is 54.9 Å². The molecule has 1 aliphatic carbocycles. The molecule has 2 aromatic heterocycles. The molecule has 0 amide bonds. The largest absolute Gasteiger partial charge is 0.455 e. The maximum atomic E-state index is 6.41. The monoisotopic (exact) mass is 740 g/mol. The van der Waals surface area contributed by atoms with Gasteiger partial charge in [-0.05, 0) is 102 Å². The van der Waals surface area contributed by atoms with Crippen LogP contribution < -0.4 is 0 Å². The van der Waals surface area contributed by atoms with Gasteiger partial charge in [0.25, 0.3) is 0 Å². The highest BCUT2D eigenvalue weighted by molar-refractivity contribution is 6.23. The summed E-state index contributed by atoms with van der Waals surface area (Å²) in [5, 5.41) is 6.96. The van der Waals surface area contributed by atoms with Gasteiger partial charge in [-0.3, -0.25) is 9.97 Å². The lowest BCUT2D eigenvalue weighted by Gasteiger charge is -2.23. The lowest BCUT2D eigenvalue weighted by molar-refractivity contribution is 0.661. The third-order valence-corrected chi connectivity index (χ3v) is 12.6. The number of hydrogen-bond acceptors (Lipinski definition) is 3. The number of rotatable bonds is 4. The van der Waals surface area contributed by atoms with Crippen LogP contribution in [0.2, 0.25) is 0 Å². The molecule has 0 aliphatic heterocycles. The van der Waals surface area contributed by atoms with E-state index in [4.69, 9.17) is 14.4 Å². The normalized spacial score (nSPS) is 13.1. The molecule has 3 nitrogen and oxygen atoms in total. The molecule has 272 valence electrons. The van der Waals surface area contributed by atoms with E-state index in [9.17, 15) is 0 Å². The number of hydrogen-bond donors (Lipinski definition) is 0. The third-order valence-electron chi connectivity index (χ3n) is 12.6. The van der Waals surface area contributed by atoms with Crippen molar-refractivity contribution in [3.05, 3.63) is 193 Å². The fourth-order valence-corrected chi connectivity index (χ4v) is 9.60. The smallest absolute Gasteiger partial charge is 0.143 e. The Balaban J connectivity index is 0.866. The average Bonchev–Trinajstić information content (AvgIpc) is 3.78. The van der Waals surface area contributed by atoms with E-state index in [1.165, 1.54) is 66.4 Å². The van der Waals surface area contributed by atoms with Gasteiger partial charge in [-0.25, -0.2) is 0 Å². The van der Waals surface area contributed by atoms with E-state index in [2.05, 4.69) is 172 Å². The number of para-hydroxylation sites is 2. The summed E-state index contributed by atoms with van der Waals surface area (Å²) in [7, 11) is 0. The zero-order chi connectivity index (χ0) is 38.5. The minimum atomic E-state index is -0.158. The SMILES string of the molecule is CC1(C)c2cc(-c3ccc(-c4ccc5c6ccccc6c6nccnc6c5c4)cc3)ccc2-c2ccc(-c3cccc(-c4cccc5c4oc4ccccc45)c3)cc21. The molecule has 12 rings (SSSR count). The lowest BCUT2D eigenvalue weighted by Crippen LogP contribution is -2.15. The summed E-state index contributed by atoms with van der Waals surface area (Å²) in [6.07, 6.45) is 3.57. The summed E-state index contributed by atoms with van der Waals surface area (Å²) in [4.78, 5) is 9.52. The molecule has 3 heteroatoms. The van der Waals surface area contributed by atoms with Crippen molar-refractivity contribution in [3.8, 4) is 55.6 Å². The van der Waals surface area contributed by atoms with E-state index in [1.54, 1.807) is 12.4 Å².